The van der Waals surface area contributed by atoms with E-state index in [0.717, 1.165) is 0 Å². The molecule has 2 heterocycles. The molecule has 0 aromatic heterocycles. The van der Waals surface area contributed by atoms with E-state index in [9.17, 15) is 13.2 Å². The molecule has 0 aromatic carbocycles. The molecule has 0 spiro atoms. The van der Waals surface area contributed by atoms with Crippen molar-refractivity contribution in [3.05, 3.63) is 0 Å². The van der Waals surface area contributed by atoms with Crippen molar-refractivity contribution >= 4 is 21.6 Å². The monoisotopic (exact) mass is 202 g/mol. The number of nitrogens with one attached hydrogen (secondary N) is 1. The van der Waals surface area contributed by atoms with Gasteiger partial charge in [0, 0.05) is 5.92 Å². The number of amidine groups is 1. The Morgan fingerprint density at radius 3 is 2.69 bits per heavy atom. The third-order valence-electron chi connectivity index (χ3n) is 2.28. The zero-order chi connectivity index (χ0) is 9.47. The topological polar surface area (TPSA) is 75.6 Å². The molecule has 1 N–H and O–H groups in total. The first-order chi connectivity index (χ1) is 6.07. The summed E-state index contributed by atoms with van der Waals surface area (Å²) in [5.41, 5.74) is 0. The molecular weight excluding hydrogens is 192 g/mol. The van der Waals surface area contributed by atoms with Gasteiger partial charge in [-0.25, -0.2) is 8.42 Å². The Labute approximate surface area is 76.1 Å². The van der Waals surface area contributed by atoms with E-state index in [0.29, 0.717) is 12.3 Å². The SMILES string of the molecule is O=C1CN=C(C2CCS(=O)(=O)C2)N1. The fourth-order valence-electron chi connectivity index (χ4n) is 1.62. The molecule has 13 heavy (non-hydrogen) atoms. The van der Waals surface area contributed by atoms with Gasteiger partial charge in [-0.15, -0.1) is 0 Å². The number of carbonyl (C=O) groups excluding carboxylic acids is 1. The van der Waals surface area contributed by atoms with Crippen molar-refractivity contribution < 1.29 is 13.2 Å². The van der Waals surface area contributed by atoms with Crippen molar-refractivity contribution in [3.8, 4) is 0 Å². The molecule has 1 unspecified atom stereocenters. The highest BCUT2D eigenvalue weighted by Crippen LogP contribution is 2.20. The molecule has 1 atom stereocenters. The molecule has 1 saturated heterocycles. The van der Waals surface area contributed by atoms with Crippen LogP contribution in [0.2, 0.25) is 0 Å². The van der Waals surface area contributed by atoms with Crippen LogP contribution in [0.3, 0.4) is 0 Å². The van der Waals surface area contributed by atoms with Crippen LogP contribution >= 0.6 is 0 Å². The van der Waals surface area contributed by atoms with Gasteiger partial charge in [0.2, 0.25) is 5.91 Å². The minimum atomic E-state index is -2.88. The number of sulfone groups is 1. The third kappa shape index (κ3) is 1.72. The summed E-state index contributed by atoms with van der Waals surface area (Å²) in [6.45, 7) is 0.145. The first-order valence-electron chi connectivity index (χ1n) is 4.11. The molecule has 72 valence electrons. The highest BCUT2D eigenvalue weighted by Gasteiger charge is 2.33. The van der Waals surface area contributed by atoms with E-state index in [-0.39, 0.29) is 29.9 Å². The van der Waals surface area contributed by atoms with Gasteiger partial charge in [0.15, 0.2) is 9.84 Å². The molecular formula is C7H10N2O3S. The quantitative estimate of drug-likeness (QED) is 0.589. The summed E-state index contributed by atoms with van der Waals surface area (Å²) in [5.74, 6) is 0.681. The number of nitrogens with zero attached hydrogens (tertiary/aromatic N) is 1. The first kappa shape index (κ1) is 8.68. The lowest BCUT2D eigenvalue weighted by Crippen LogP contribution is -2.31. The average Bonchev–Trinajstić information content (AvgIpc) is 2.56. The van der Waals surface area contributed by atoms with Crippen molar-refractivity contribution in [1.29, 1.82) is 0 Å². The van der Waals surface area contributed by atoms with E-state index in [2.05, 4.69) is 10.3 Å². The lowest BCUT2D eigenvalue weighted by Gasteiger charge is -2.05. The average molecular weight is 202 g/mol. The first-order valence-corrected chi connectivity index (χ1v) is 5.93. The second kappa shape index (κ2) is 2.80. The second-order valence-electron chi connectivity index (χ2n) is 3.35. The van der Waals surface area contributed by atoms with Crippen LogP contribution in [0.1, 0.15) is 6.42 Å². The minimum absolute atomic E-state index is 0.0866. The van der Waals surface area contributed by atoms with Crippen LogP contribution in [0.15, 0.2) is 4.99 Å². The van der Waals surface area contributed by atoms with Gasteiger partial charge in [0.25, 0.3) is 0 Å². The Morgan fingerprint density at radius 1 is 1.46 bits per heavy atom. The van der Waals surface area contributed by atoms with E-state index in [4.69, 9.17) is 0 Å². The second-order valence-corrected chi connectivity index (χ2v) is 5.58. The number of hydrogen-bond donors (Lipinski definition) is 1. The predicted molar refractivity (Wildman–Crippen MR) is 47.2 cm³/mol. The summed E-state index contributed by atoms with van der Waals surface area (Å²) in [4.78, 5) is 14.8. The maximum Gasteiger partial charge on any atom is 0.247 e. The Bertz CT molecular complexity index is 371. The maximum absolute atomic E-state index is 11.1. The fraction of sp³-hybridized carbons (Fsp3) is 0.714. The summed E-state index contributed by atoms with van der Waals surface area (Å²) in [6, 6.07) is 0. The van der Waals surface area contributed by atoms with Gasteiger partial charge in [-0.1, -0.05) is 0 Å². The maximum atomic E-state index is 11.1. The molecule has 0 aliphatic carbocycles. The normalized spacial score (nSPS) is 31.5. The molecule has 0 aromatic rings. The van der Waals surface area contributed by atoms with Gasteiger partial charge in [-0.05, 0) is 6.42 Å². The van der Waals surface area contributed by atoms with E-state index in [1.165, 1.54) is 0 Å². The summed E-state index contributed by atoms with van der Waals surface area (Å²) >= 11 is 0. The largest absolute Gasteiger partial charge is 0.313 e. The molecule has 2 aliphatic heterocycles. The highest BCUT2D eigenvalue weighted by molar-refractivity contribution is 7.91. The Hall–Kier alpha value is -0.910. The summed E-state index contributed by atoms with van der Waals surface area (Å²) in [6.07, 6.45) is 0.585. The van der Waals surface area contributed by atoms with Crippen LogP contribution in [0, 0.1) is 5.92 Å². The molecule has 5 nitrogen and oxygen atoms in total. The zero-order valence-corrected chi connectivity index (χ0v) is 7.80. The van der Waals surface area contributed by atoms with Crippen LogP contribution in [-0.2, 0) is 14.6 Å². The third-order valence-corrected chi connectivity index (χ3v) is 4.05. The van der Waals surface area contributed by atoms with Gasteiger partial charge in [0.1, 0.15) is 12.4 Å². The van der Waals surface area contributed by atoms with Gasteiger partial charge in [-0.2, -0.15) is 0 Å². The van der Waals surface area contributed by atoms with Crippen LogP contribution in [0.4, 0.5) is 0 Å². The Balaban J connectivity index is 2.09. The van der Waals surface area contributed by atoms with E-state index >= 15 is 0 Å². The summed E-state index contributed by atoms with van der Waals surface area (Å²) in [5, 5.41) is 2.58. The predicted octanol–water partition coefficient (Wildman–Crippen LogP) is -1.05. The van der Waals surface area contributed by atoms with Gasteiger partial charge >= 0.3 is 0 Å². The zero-order valence-electron chi connectivity index (χ0n) is 6.99. The number of amides is 1. The molecule has 2 rings (SSSR count). The number of rotatable bonds is 1. The lowest BCUT2D eigenvalue weighted by molar-refractivity contribution is -0.117. The highest BCUT2D eigenvalue weighted by atomic mass is 32.2. The lowest BCUT2D eigenvalue weighted by atomic mass is 10.1. The fourth-order valence-corrected chi connectivity index (χ4v) is 3.37. The molecule has 2 aliphatic rings. The molecule has 1 amide bonds. The standard InChI is InChI=1S/C7H10N2O3S/c10-6-3-8-7(9-6)5-1-2-13(11,12)4-5/h5H,1-4H2,(H,8,9,10). The number of carbonyl (C=O) groups is 1. The van der Waals surface area contributed by atoms with E-state index in [1.54, 1.807) is 0 Å². The van der Waals surface area contributed by atoms with Crippen molar-refractivity contribution in [2.24, 2.45) is 10.9 Å². The van der Waals surface area contributed by atoms with Gasteiger partial charge < -0.3 is 5.32 Å². The van der Waals surface area contributed by atoms with Gasteiger partial charge in [-0.3, -0.25) is 9.79 Å². The van der Waals surface area contributed by atoms with E-state index < -0.39 is 9.84 Å². The molecule has 0 bridgehead atoms. The van der Waals surface area contributed by atoms with Crippen molar-refractivity contribution in [3.63, 3.8) is 0 Å². The van der Waals surface area contributed by atoms with Crippen molar-refractivity contribution in [2.45, 2.75) is 6.42 Å². The van der Waals surface area contributed by atoms with Crippen molar-refractivity contribution in [2.75, 3.05) is 18.1 Å². The van der Waals surface area contributed by atoms with Crippen LogP contribution in [-0.4, -0.2) is 38.2 Å². The molecule has 1 fully saturated rings. The van der Waals surface area contributed by atoms with Gasteiger partial charge in [0.05, 0.1) is 11.5 Å². The summed E-state index contributed by atoms with van der Waals surface area (Å²) in [7, 11) is -2.88. The van der Waals surface area contributed by atoms with Crippen molar-refractivity contribution in [1.82, 2.24) is 5.32 Å². The van der Waals surface area contributed by atoms with Crippen LogP contribution in [0.25, 0.3) is 0 Å². The summed E-state index contributed by atoms with van der Waals surface area (Å²) < 4.78 is 22.2. The number of aliphatic imine (C=N–C) groups is 1. The van der Waals surface area contributed by atoms with Crippen LogP contribution in [0.5, 0.6) is 0 Å². The molecule has 0 saturated carbocycles. The smallest absolute Gasteiger partial charge is 0.247 e. The van der Waals surface area contributed by atoms with E-state index in [1.807, 2.05) is 0 Å². The number of hydrogen-bond acceptors (Lipinski definition) is 4. The minimum Gasteiger partial charge on any atom is -0.313 e. The van der Waals surface area contributed by atoms with Crippen LogP contribution < -0.4 is 5.32 Å². The Kier molecular flexibility index (Phi) is 1.87. The molecule has 0 radical (unpaired) electrons. The Morgan fingerprint density at radius 2 is 2.23 bits per heavy atom. The molecule has 6 heteroatoms.